The fourth-order valence-corrected chi connectivity index (χ4v) is 3.39. The van der Waals surface area contributed by atoms with Gasteiger partial charge >= 0.3 is 0 Å². The maximum Gasteiger partial charge on any atom is 0.262 e. The number of rotatable bonds is 4. The fraction of sp³-hybridized carbons (Fsp3) is 0.500. The predicted molar refractivity (Wildman–Crippen MR) is 99.6 cm³/mol. The molecule has 1 amide bonds. The van der Waals surface area contributed by atoms with Crippen LogP contribution in [0.3, 0.4) is 0 Å². The van der Waals surface area contributed by atoms with Crippen LogP contribution in [0.2, 0.25) is 0 Å². The highest BCUT2D eigenvalue weighted by molar-refractivity contribution is 8.00. The average molecular weight is 347 g/mol. The van der Waals surface area contributed by atoms with Gasteiger partial charge in [0.1, 0.15) is 0 Å². The van der Waals surface area contributed by atoms with E-state index < -0.39 is 0 Å². The van der Waals surface area contributed by atoms with Gasteiger partial charge in [0.2, 0.25) is 5.91 Å². The Hall–Kier alpha value is -1.82. The molecule has 0 fully saturated rings. The predicted octanol–water partition coefficient (Wildman–Crippen LogP) is 3.37. The number of benzene rings is 1. The Morgan fingerprint density at radius 3 is 2.42 bits per heavy atom. The van der Waals surface area contributed by atoms with E-state index >= 15 is 0 Å². The Morgan fingerprint density at radius 2 is 1.83 bits per heavy atom. The lowest BCUT2D eigenvalue weighted by atomic mass is 10.1. The lowest BCUT2D eigenvalue weighted by molar-refractivity contribution is -0.121. The largest absolute Gasteiger partial charge is 0.351 e. The Labute approximate surface area is 146 Å². The fourth-order valence-electron chi connectivity index (χ4n) is 2.35. The summed E-state index contributed by atoms with van der Waals surface area (Å²) >= 11 is 1.32. The molecule has 0 aliphatic carbocycles. The van der Waals surface area contributed by atoms with Crippen LogP contribution in [0.25, 0.3) is 10.9 Å². The van der Waals surface area contributed by atoms with Gasteiger partial charge in [-0.2, -0.15) is 0 Å². The van der Waals surface area contributed by atoms with Crippen LogP contribution in [0.5, 0.6) is 0 Å². The number of hydrogen-bond acceptors (Lipinski definition) is 4. The standard InChI is InChI=1S/C18H25N3O2S/c1-11(2)21-16(23)13-9-7-8-10-14(13)19-17(21)24-12(3)15(22)20-18(4,5)6/h7-12H,1-6H3,(H,20,22)/t12-/m1/s1. The number of aromatic nitrogens is 2. The average Bonchev–Trinajstić information content (AvgIpc) is 2.45. The maximum absolute atomic E-state index is 12.8. The van der Waals surface area contributed by atoms with Crippen LogP contribution in [-0.4, -0.2) is 26.2 Å². The second-order valence-electron chi connectivity index (χ2n) is 7.18. The summed E-state index contributed by atoms with van der Waals surface area (Å²) in [5.41, 5.74) is 0.298. The molecule has 1 aromatic heterocycles. The summed E-state index contributed by atoms with van der Waals surface area (Å²) < 4.78 is 1.66. The van der Waals surface area contributed by atoms with Gasteiger partial charge in [-0.25, -0.2) is 4.98 Å². The number of carbonyl (C=O) groups excluding carboxylic acids is 1. The number of hydrogen-bond donors (Lipinski definition) is 1. The summed E-state index contributed by atoms with van der Waals surface area (Å²) in [6.45, 7) is 11.6. The summed E-state index contributed by atoms with van der Waals surface area (Å²) in [6.07, 6.45) is 0. The van der Waals surface area contributed by atoms with Crippen molar-refractivity contribution in [3.8, 4) is 0 Å². The van der Waals surface area contributed by atoms with Crippen LogP contribution in [0, 0.1) is 0 Å². The first-order valence-corrected chi connectivity index (χ1v) is 8.98. The van der Waals surface area contributed by atoms with Gasteiger partial charge < -0.3 is 5.32 Å². The van der Waals surface area contributed by atoms with Crippen LogP contribution in [0.4, 0.5) is 0 Å². The number of amides is 1. The molecule has 6 heteroatoms. The quantitative estimate of drug-likeness (QED) is 0.680. The molecule has 0 spiro atoms. The first-order valence-electron chi connectivity index (χ1n) is 8.10. The third-order valence-corrected chi connectivity index (χ3v) is 4.51. The minimum absolute atomic E-state index is 0.0324. The van der Waals surface area contributed by atoms with E-state index in [1.54, 1.807) is 10.6 Å². The van der Waals surface area contributed by atoms with E-state index in [2.05, 4.69) is 10.3 Å². The molecule has 0 bridgehead atoms. The molecule has 1 N–H and O–H groups in total. The molecule has 0 unspecified atom stereocenters. The van der Waals surface area contributed by atoms with E-state index in [1.165, 1.54) is 11.8 Å². The van der Waals surface area contributed by atoms with Crippen molar-refractivity contribution in [3.05, 3.63) is 34.6 Å². The molecule has 1 heterocycles. The molecule has 0 aliphatic rings. The second-order valence-corrected chi connectivity index (χ2v) is 8.49. The zero-order chi connectivity index (χ0) is 18.1. The number of nitrogens with one attached hydrogen (secondary N) is 1. The van der Waals surface area contributed by atoms with Gasteiger partial charge in [0.15, 0.2) is 5.16 Å². The van der Waals surface area contributed by atoms with Gasteiger partial charge in [-0.3, -0.25) is 14.2 Å². The minimum atomic E-state index is -0.345. The molecule has 1 aromatic carbocycles. The Balaban J connectivity index is 2.42. The lowest BCUT2D eigenvalue weighted by Gasteiger charge is -2.24. The molecule has 0 saturated carbocycles. The van der Waals surface area contributed by atoms with Crippen LogP contribution in [-0.2, 0) is 4.79 Å². The highest BCUT2D eigenvalue weighted by atomic mass is 32.2. The van der Waals surface area contributed by atoms with E-state index in [1.807, 2.05) is 59.7 Å². The van der Waals surface area contributed by atoms with Gasteiger partial charge in [0.25, 0.3) is 5.56 Å². The number of fused-ring (bicyclic) bond motifs is 1. The van der Waals surface area contributed by atoms with Crippen LogP contribution in [0.1, 0.15) is 47.6 Å². The molecule has 24 heavy (non-hydrogen) atoms. The van der Waals surface area contributed by atoms with Crippen molar-refractivity contribution in [1.82, 2.24) is 14.9 Å². The normalized spacial score (nSPS) is 13.3. The van der Waals surface area contributed by atoms with Crippen molar-refractivity contribution >= 4 is 28.6 Å². The smallest absolute Gasteiger partial charge is 0.262 e. The second kappa shape index (κ2) is 6.97. The van der Waals surface area contributed by atoms with Gasteiger partial charge in [0.05, 0.1) is 16.2 Å². The van der Waals surface area contributed by atoms with Crippen molar-refractivity contribution in [3.63, 3.8) is 0 Å². The Morgan fingerprint density at radius 1 is 1.21 bits per heavy atom. The summed E-state index contributed by atoms with van der Waals surface area (Å²) in [6, 6.07) is 7.27. The number of nitrogens with zero attached hydrogens (tertiary/aromatic N) is 2. The van der Waals surface area contributed by atoms with Crippen molar-refractivity contribution in [1.29, 1.82) is 0 Å². The SMILES string of the molecule is CC(C)n1c(S[C@H](C)C(=O)NC(C)(C)C)nc2ccccc2c1=O. The van der Waals surface area contributed by atoms with Gasteiger partial charge in [-0.15, -0.1) is 0 Å². The lowest BCUT2D eigenvalue weighted by Crippen LogP contribution is -2.44. The summed E-state index contributed by atoms with van der Waals surface area (Å²) in [5, 5.41) is 3.79. The molecule has 5 nitrogen and oxygen atoms in total. The molecule has 130 valence electrons. The molecule has 0 saturated heterocycles. The molecule has 2 aromatic rings. The van der Waals surface area contributed by atoms with E-state index in [-0.39, 0.29) is 28.3 Å². The number of para-hydroxylation sites is 1. The van der Waals surface area contributed by atoms with Crippen molar-refractivity contribution in [2.45, 2.75) is 63.5 Å². The molecule has 1 atom stereocenters. The third kappa shape index (κ3) is 4.17. The summed E-state index contributed by atoms with van der Waals surface area (Å²) in [7, 11) is 0. The number of thioether (sulfide) groups is 1. The first kappa shape index (κ1) is 18.5. The van der Waals surface area contributed by atoms with Crippen molar-refractivity contribution in [2.75, 3.05) is 0 Å². The zero-order valence-electron chi connectivity index (χ0n) is 15.1. The van der Waals surface area contributed by atoms with Crippen molar-refractivity contribution in [2.24, 2.45) is 0 Å². The van der Waals surface area contributed by atoms with E-state index in [9.17, 15) is 9.59 Å². The number of carbonyl (C=O) groups is 1. The van der Waals surface area contributed by atoms with Crippen LogP contribution >= 0.6 is 11.8 Å². The van der Waals surface area contributed by atoms with Gasteiger partial charge in [-0.1, -0.05) is 23.9 Å². The molecular weight excluding hydrogens is 322 g/mol. The molecular formula is C18H25N3O2S. The molecule has 0 aliphatic heterocycles. The topological polar surface area (TPSA) is 64.0 Å². The van der Waals surface area contributed by atoms with Gasteiger partial charge in [0, 0.05) is 11.6 Å². The van der Waals surface area contributed by atoms with Crippen molar-refractivity contribution < 1.29 is 4.79 Å². The zero-order valence-corrected chi connectivity index (χ0v) is 15.9. The van der Waals surface area contributed by atoms with E-state index in [4.69, 9.17) is 0 Å². The monoisotopic (exact) mass is 347 g/mol. The van der Waals surface area contributed by atoms with Gasteiger partial charge in [-0.05, 0) is 53.7 Å². The van der Waals surface area contributed by atoms with E-state index in [0.29, 0.717) is 16.1 Å². The van der Waals surface area contributed by atoms with Crippen LogP contribution in [0.15, 0.2) is 34.2 Å². The highest BCUT2D eigenvalue weighted by Gasteiger charge is 2.23. The highest BCUT2D eigenvalue weighted by Crippen LogP contribution is 2.25. The minimum Gasteiger partial charge on any atom is -0.351 e. The maximum atomic E-state index is 12.8. The Bertz CT molecular complexity index is 806. The molecule has 0 radical (unpaired) electrons. The van der Waals surface area contributed by atoms with E-state index in [0.717, 1.165) is 0 Å². The van der Waals surface area contributed by atoms with Crippen LogP contribution < -0.4 is 10.9 Å². The third-order valence-electron chi connectivity index (χ3n) is 3.44. The molecule has 2 rings (SSSR count). The summed E-state index contributed by atoms with van der Waals surface area (Å²) in [5.74, 6) is -0.0646. The first-order chi connectivity index (χ1) is 11.1. The Kier molecular flexibility index (Phi) is 5.38. The summed E-state index contributed by atoms with van der Waals surface area (Å²) in [4.78, 5) is 29.7.